The SMILES string of the molecule is C[C@@H](NC(=O)NC1CCC1)c1ccc(Br)cc1. The zero-order valence-corrected chi connectivity index (χ0v) is 11.5. The van der Waals surface area contributed by atoms with Gasteiger partial charge in [0, 0.05) is 10.5 Å². The van der Waals surface area contributed by atoms with Gasteiger partial charge in [-0.15, -0.1) is 0 Å². The van der Waals surface area contributed by atoms with E-state index in [0.717, 1.165) is 22.9 Å². The molecule has 1 saturated carbocycles. The first-order chi connectivity index (χ1) is 8.15. The lowest BCUT2D eigenvalue weighted by molar-refractivity contribution is 0.225. The third kappa shape index (κ3) is 3.46. The van der Waals surface area contributed by atoms with Gasteiger partial charge in [-0.05, 0) is 43.9 Å². The Labute approximate surface area is 110 Å². The smallest absolute Gasteiger partial charge is 0.315 e. The minimum Gasteiger partial charge on any atom is -0.335 e. The van der Waals surface area contributed by atoms with Crippen molar-refractivity contribution in [2.45, 2.75) is 38.3 Å². The zero-order chi connectivity index (χ0) is 12.3. The molecule has 0 bridgehead atoms. The Morgan fingerprint density at radius 2 is 2.00 bits per heavy atom. The van der Waals surface area contributed by atoms with Crippen LogP contribution in [0, 0.1) is 0 Å². The molecule has 1 aromatic carbocycles. The molecular formula is C13H17BrN2O. The van der Waals surface area contributed by atoms with Crippen molar-refractivity contribution in [1.29, 1.82) is 0 Å². The van der Waals surface area contributed by atoms with Crippen LogP contribution in [0.15, 0.2) is 28.7 Å². The van der Waals surface area contributed by atoms with Crippen molar-refractivity contribution < 1.29 is 4.79 Å². The monoisotopic (exact) mass is 296 g/mol. The van der Waals surface area contributed by atoms with Crippen LogP contribution in [0.2, 0.25) is 0 Å². The summed E-state index contributed by atoms with van der Waals surface area (Å²) in [5, 5.41) is 5.92. The molecule has 17 heavy (non-hydrogen) atoms. The predicted molar refractivity (Wildman–Crippen MR) is 71.9 cm³/mol. The number of rotatable bonds is 3. The highest BCUT2D eigenvalue weighted by molar-refractivity contribution is 9.10. The Hall–Kier alpha value is -1.03. The van der Waals surface area contributed by atoms with Gasteiger partial charge in [-0.25, -0.2) is 4.79 Å². The third-order valence-electron chi connectivity index (χ3n) is 3.16. The van der Waals surface area contributed by atoms with E-state index in [0.29, 0.717) is 6.04 Å². The van der Waals surface area contributed by atoms with Gasteiger partial charge in [-0.3, -0.25) is 0 Å². The first-order valence-corrected chi connectivity index (χ1v) is 6.77. The largest absolute Gasteiger partial charge is 0.335 e. The van der Waals surface area contributed by atoms with Crippen molar-refractivity contribution in [1.82, 2.24) is 10.6 Å². The molecule has 1 aliphatic rings. The number of carbonyl (C=O) groups is 1. The van der Waals surface area contributed by atoms with E-state index in [2.05, 4.69) is 26.6 Å². The minimum atomic E-state index is -0.0647. The van der Waals surface area contributed by atoms with Gasteiger partial charge in [-0.2, -0.15) is 0 Å². The summed E-state index contributed by atoms with van der Waals surface area (Å²) >= 11 is 3.40. The van der Waals surface area contributed by atoms with Crippen LogP contribution in [-0.4, -0.2) is 12.1 Å². The molecule has 1 aromatic rings. The van der Waals surface area contributed by atoms with Crippen LogP contribution in [0.5, 0.6) is 0 Å². The summed E-state index contributed by atoms with van der Waals surface area (Å²) in [5.41, 5.74) is 1.11. The van der Waals surface area contributed by atoms with Crippen molar-refractivity contribution in [2.75, 3.05) is 0 Å². The van der Waals surface area contributed by atoms with Crippen molar-refractivity contribution in [3.8, 4) is 0 Å². The molecule has 0 saturated heterocycles. The fraction of sp³-hybridized carbons (Fsp3) is 0.462. The van der Waals surface area contributed by atoms with Gasteiger partial charge >= 0.3 is 6.03 Å². The summed E-state index contributed by atoms with van der Waals surface area (Å²) in [6, 6.07) is 8.34. The first kappa shape index (κ1) is 12.4. The molecule has 0 heterocycles. The van der Waals surface area contributed by atoms with Crippen LogP contribution < -0.4 is 10.6 Å². The van der Waals surface area contributed by atoms with Crippen molar-refractivity contribution in [3.05, 3.63) is 34.3 Å². The van der Waals surface area contributed by atoms with Gasteiger partial charge in [0.05, 0.1) is 6.04 Å². The van der Waals surface area contributed by atoms with E-state index in [1.54, 1.807) is 0 Å². The number of amides is 2. The lowest BCUT2D eigenvalue weighted by atomic mass is 9.93. The second-order valence-corrected chi connectivity index (χ2v) is 5.43. The highest BCUT2D eigenvalue weighted by Gasteiger charge is 2.20. The molecule has 1 atom stereocenters. The predicted octanol–water partition coefficient (Wildman–Crippen LogP) is 3.36. The van der Waals surface area contributed by atoms with Crippen molar-refractivity contribution in [3.63, 3.8) is 0 Å². The van der Waals surface area contributed by atoms with Crippen molar-refractivity contribution in [2.24, 2.45) is 0 Å². The van der Waals surface area contributed by atoms with Crippen LogP contribution in [0.3, 0.4) is 0 Å². The van der Waals surface area contributed by atoms with Gasteiger partial charge in [0.1, 0.15) is 0 Å². The molecule has 2 amide bonds. The molecule has 0 unspecified atom stereocenters. The van der Waals surface area contributed by atoms with Crippen LogP contribution >= 0.6 is 15.9 Å². The van der Waals surface area contributed by atoms with Gasteiger partial charge in [0.2, 0.25) is 0 Å². The topological polar surface area (TPSA) is 41.1 Å². The quantitative estimate of drug-likeness (QED) is 0.882. The molecular weight excluding hydrogens is 280 g/mol. The summed E-state index contributed by atoms with van der Waals surface area (Å²) in [6.07, 6.45) is 3.45. The van der Waals surface area contributed by atoms with E-state index in [-0.39, 0.29) is 12.1 Å². The van der Waals surface area contributed by atoms with Crippen LogP contribution in [-0.2, 0) is 0 Å². The highest BCUT2D eigenvalue weighted by atomic mass is 79.9. The van der Waals surface area contributed by atoms with E-state index in [9.17, 15) is 4.79 Å². The maximum atomic E-state index is 11.7. The molecule has 0 aliphatic heterocycles. The summed E-state index contributed by atoms with van der Waals surface area (Å²) < 4.78 is 1.05. The Bertz CT molecular complexity index is 387. The summed E-state index contributed by atoms with van der Waals surface area (Å²) in [7, 11) is 0. The molecule has 92 valence electrons. The van der Waals surface area contributed by atoms with Gasteiger partial charge in [-0.1, -0.05) is 28.1 Å². The third-order valence-corrected chi connectivity index (χ3v) is 3.69. The summed E-state index contributed by atoms with van der Waals surface area (Å²) in [5.74, 6) is 0. The number of halogens is 1. The van der Waals surface area contributed by atoms with Crippen LogP contribution in [0.1, 0.15) is 37.8 Å². The van der Waals surface area contributed by atoms with Crippen molar-refractivity contribution >= 4 is 22.0 Å². The lowest BCUT2D eigenvalue weighted by Gasteiger charge is -2.27. The Morgan fingerprint density at radius 3 is 2.53 bits per heavy atom. The maximum absolute atomic E-state index is 11.7. The Morgan fingerprint density at radius 1 is 1.35 bits per heavy atom. The van der Waals surface area contributed by atoms with Crippen LogP contribution in [0.4, 0.5) is 4.79 Å². The lowest BCUT2D eigenvalue weighted by Crippen LogP contribution is -2.45. The number of hydrogen-bond donors (Lipinski definition) is 2. The van der Waals surface area contributed by atoms with E-state index in [1.165, 1.54) is 6.42 Å². The Kier molecular flexibility index (Phi) is 4.05. The molecule has 0 radical (unpaired) electrons. The van der Waals surface area contributed by atoms with E-state index >= 15 is 0 Å². The fourth-order valence-electron chi connectivity index (χ4n) is 1.81. The van der Waals surface area contributed by atoms with E-state index in [4.69, 9.17) is 0 Å². The zero-order valence-electron chi connectivity index (χ0n) is 9.87. The Balaban J connectivity index is 1.84. The molecule has 3 nitrogen and oxygen atoms in total. The van der Waals surface area contributed by atoms with Gasteiger partial charge in [0.25, 0.3) is 0 Å². The molecule has 2 rings (SSSR count). The molecule has 4 heteroatoms. The van der Waals surface area contributed by atoms with E-state index < -0.39 is 0 Å². The first-order valence-electron chi connectivity index (χ1n) is 5.97. The molecule has 0 spiro atoms. The average molecular weight is 297 g/mol. The molecule has 1 fully saturated rings. The number of carbonyl (C=O) groups excluding carboxylic acids is 1. The summed E-state index contributed by atoms with van der Waals surface area (Å²) in [6.45, 7) is 1.99. The van der Waals surface area contributed by atoms with E-state index in [1.807, 2.05) is 31.2 Å². The maximum Gasteiger partial charge on any atom is 0.315 e. The number of benzene rings is 1. The number of nitrogens with one attached hydrogen (secondary N) is 2. The minimum absolute atomic E-state index is 0.0307. The standard InChI is InChI=1S/C13H17BrN2O/c1-9(10-5-7-11(14)8-6-10)15-13(17)16-12-3-2-4-12/h5-9,12H,2-4H2,1H3,(H2,15,16,17)/t9-/m1/s1. The second kappa shape index (κ2) is 5.54. The van der Waals surface area contributed by atoms with Crippen LogP contribution in [0.25, 0.3) is 0 Å². The molecule has 0 aromatic heterocycles. The normalized spacial score (nSPS) is 17.1. The second-order valence-electron chi connectivity index (χ2n) is 4.52. The van der Waals surface area contributed by atoms with Gasteiger partial charge < -0.3 is 10.6 Å². The molecule has 1 aliphatic carbocycles. The average Bonchev–Trinajstić information content (AvgIpc) is 2.24. The highest BCUT2D eigenvalue weighted by Crippen LogP contribution is 2.19. The number of hydrogen-bond acceptors (Lipinski definition) is 1. The summed E-state index contributed by atoms with van der Waals surface area (Å²) in [4.78, 5) is 11.7. The number of urea groups is 1. The molecule has 2 N–H and O–H groups in total. The fourth-order valence-corrected chi connectivity index (χ4v) is 2.08. The van der Waals surface area contributed by atoms with Gasteiger partial charge in [0.15, 0.2) is 0 Å².